The van der Waals surface area contributed by atoms with Crippen LogP contribution in [0.15, 0.2) is 72.8 Å². The van der Waals surface area contributed by atoms with Gasteiger partial charge in [0.2, 0.25) is 0 Å². The second-order valence-corrected chi connectivity index (χ2v) is 5.48. The summed E-state index contributed by atoms with van der Waals surface area (Å²) in [6, 6.07) is 19.6. The Morgan fingerprint density at radius 2 is 1.48 bits per heavy atom. The number of amides is 1. The van der Waals surface area contributed by atoms with Gasteiger partial charge in [-0.25, -0.2) is 0 Å². The Balaban J connectivity index is 1.90. The van der Waals surface area contributed by atoms with Gasteiger partial charge in [0.05, 0.1) is 17.6 Å². The Morgan fingerprint density at radius 1 is 0.889 bits per heavy atom. The van der Waals surface area contributed by atoms with Crippen LogP contribution in [0.4, 0.5) is 11.4 Å². The van der Waals surface area contributed by atoms with Gasteiger partial charge in [-0.15, -0.1) is 0 Å². The first-order valence-corrected chi connectivity index (χ1v) is 8.05. The van der Waals surface area contributed by atoms with Crippen LogP contribution in [0, 0.1) is 10.1 Å². The summed E-state index contributed by atoms with van der Waals surface area (Å²) in [6.45, 7) is 0. The van der Waals surface area contributed by atoms with Crippen LogP contribution < -0.4 is 14.8 Å². The first-order chi connectivity index (χ1) is 13.1. The lowest BCUT2D eigenvalue weighted by atomic mass is 10.1. The Hall–Kier alpha value is -3.87. The van der Waals surface area contributed by atoms with E-state index in [1.54, 1.807) is 54.6 Å². The van der Waals surface area contributed by atoms with E-state index in [4.69, 9.17) is 9.47 Å². The van der Waals surface area contributed by atoms with Crippen molar-refractivity contribution in [2.75, 3.05) is 12.4 Å². The van der Waals surface area contributed by atoms with Gasteiger partial charge in [-0.2, -0.15) is 0 Å². The summed E-state index contributed by atoms with van der Waals surface area (Å²) < 4.78 is 11.1. The number of hydrogen-bond acceptors (Lipinski definition) is 5. The molecule has 136 valence electrons. The number of benzene rings is 3. The van der Waals surface area contributed by atoms with Crippen molar-refractivity contribution in [3.8, 4) is 17.2 Å². The van der Waals surface area contributed by atoms with Crippen LogP contribution >= 0.6 is 0 Å². The molecule has 27 heavy (non-hydrogen) atoms. The molecule has 0 saturated carbocycles. The molecule has 0 bridgehead atoms. The van der Waals surface area contributed by atoms with Gasteiger partial charge in [-0.3, -0.25) is 14.9 Å². The number of carbonyl (C=O) groups is 1. The maximum Gasteiger partial charge on any atom is 0.292 e. The van der Waals surface area contributed by atoms with E-state index in [0.717, 1.165) is 0 Å². The zero-order chi connectivity index (χ0) is 19.2. The standard InChI is InChI=1S/C20H16N2O5/c1-26-18-12-6-7-13-19(18)27-17-11-5-2-8-14(17)20(23)21-15-9-3-4-10-16(15)22(24)25/h2-13H,1H3,(H,21,23). The summed E-state index contributed by atoms with van der Waals surface area (Å²) in [4.78, 5) is 23.3. The summed E-state index contributed by atoms with van der Waals surface area (Å²) in [7, 11) is 1.52. The van der Waals surface area contributed by atoms with Gasteiger partial charge in [-0.1, -0.05) is 36.4 Å². The molecule has 0 atom stereocenters. The molecule has 3 rings (SSSR count). The van der Waals surface area contributed by atoms with E-state index >= 15 is 0 Å². The van der Waals surface area contributed by atoms with Crippen LogP contribution in [0.1, 0.15) is 10.4 Å². The molecule has 3 aromatic rings. The maximum atomic E-state index is 12.7. The number of nitrogens with zero attached hydrogens (tertiary/aromatic N) is 1. The van der Waals surface area contributed by atoms with E-state index in [-0.39, 0.29) is 16.9 Å². The van der Waals surface area contributed by atoms with Crippen molar-refractivity contribution in [2.24, 2.45) is 0 Å². The van der Waals surface area contributed by atoms with E-state index in [2.05, 4.69) is 5.32 Å². The SMILES string of the molecule is COc1ccccc1Oc1ccccc1C(=O)Nc1ccccc1[N+](=O)[O-]. The Morgan fingerprint density at radius 3 is 2.19 bits per heavy atom. The molecule has 1 N–H and O–H groups in total. The normalized spacial score (nSPS) is 10.1. The molecule has 0 spiro atoms. The van der Waals surface area contributed by atoms with Crippen molar-refractivity contribution in [2.45, 2.75) is 0 Å². The van der Waals surface area contributed by atoms with E-state index in [0.29, 0.717) is 17.2 Å². The summed E-state index contributed by atoms with van der Waals surface area (Å²) >= 11 is 0. The lowest BCUT2D eigenvalue weighted by Crippen LogP contribution is -2.14. The van der Waals surface area contributed by atoms with E-state index in [1.807, 2.05) is 0 Å². The molecule has 0 saturated heterocycles. The van der Waals surface area contributed by atoms with Gasteiger partial charge in [0.25, 0.3) is 11.6 Å². The third-order valence-corrected chi connectivity index (χ3v) is 3.77. The molecule has 0 fully saturated rings. The molecule has 3 aromatic carbocycles. The highest BCUT2D eigenvalue weighted by atomic mass is 16.6. The molecule has 0 aliphatic carbocycles. The van der Waals surface area contributed by atoms with E-state index < -0.39 is 10.8 Å². The molecule has 0 aliphatic heterocycles. The number of nitro groups is 1. The van der Waals surface area contributed by atoms with Crippen molar-refractivity contribution in [1.29, 1.82) is 0 Å². The topological polar surface area (TPSA) is 90.7 Å². The van der Waals surface area contributed by atoms with Gasteiger partial charge in [0, 0.05) is 6.07 Å². The van der Waals surface area contributed by atoms with Crippen molar-refractivity contribution >= 4 is 17.3 Å². The Labute approximate surface area is 155 Å². The molecule has 7 heteroatoms. The summed E-state index contributed by atoms with van der Waals surface area (Å²) in [5.74, 6) is 0.755. The number of nitrogens with one attached hydrogen (secondary N) is 1. The monoisotopic (exact) mass is 364 g/mol. The fraction of sp³-hybridized carbons (Fsp3) is 0.0500. The molecular formula is C20H16N2O5. The molecule has 0 heterocycles. The summed E-state index contributed by atoms with van der Waals surface area (Å²) in [6.07, 6.45) is 0. The highest BCUT2D eigenvalue weighted by Gasteiger charge is 2.19. The second-order valence-electron chi connectivity index (χ2n) is 5.48. The highest BCUT2D eigenvalue weighted by Crippen LogP contribution is 2.33. The number of hydrogen-bond donors (Lipinski definition) is 1. The Kier molecular flexibility index (Phi) is 5.32. The van der Waals surface area contributed by atoms with Crippen LogP contribution in [0.5, 0.6) is 17.2 Å². The third kappa shape index (κ3) is 4.04. The molecule has 1 amide bonds. The Bertz CT molecular complexity index is 987. The van der Waals surface area contributed by atoms with Gasteiger partial charge in [0.1, 0.15) is 11.4 Å². The van der Waals surface area contributed by atoms with Crippen LogP contribution in [0.25, 0.3) is 0 Å². The molecule has 0 aliphatic rings. The minimum Gasteiger partial charge on any atom is -0.493 e. The fourth-order valence-electron chi connectivity index (χ4n) is 2.49. The number of para-hydroxylation sites is 5. The predicted octanol–water partition coefficient (Wildman–Crippen LogP) is 4.65. The van der Waals surface area contributed by atoms with Crippen molar-refractivity contribution < 1.29 is 19.2 Å². The zero-order valence-corrected chi connectivity index (χ0v) is 14.4. The first kappa shape index (κ1) is 17.9. The highest BCUT2D eigenvalue weighted by molar-refractivity contribution is 6.07. The van der Waals surface area contributed by atoms with Crippen LogP contribution in [0.2, 0.25) is 0 Å². The van der Waals surface area contributed by atoms with Gasteiger partial charge >= 0.3 is 0 Å². The van der Waals surface area contributed by atoms with Crippen molar-refractivity contribution in [3.63, 3.8) is 0 Å². The average Bonchev–Trinajstić information content (AvgIpc) is 2.69. The minimum atomic E-state index is -0.549. The van der Waals surface area contributed by atoms with Crippen molar-refractivity contribution in [1.82, 2.24) is 0 Å². The predicted molar refractivity (Wildman–Crippen MR) is 101 cm³/mol. The third-order valence-electron chi connectivity index (χ3n) is 3.77. The average molecular weight is 364 g/mol. The van der Waals surface area contributed by atoms with Gasteiger partial charge < -0.3 is 14.8 Å². The number of methoxy groups -OCH3 is 1. The maximum absolute atomic E-state index is 12.7. The first-order valence-electron chi connectivity index (χ1n) is 8.05. The smallest absolute Gasteiger partial charge is 0.292 e. The molecule has 0 unspecified atom stereocenters. The molecular weight excluding hydrogens is 348 g/mol. The van der Waals surface area contributed by atoms with Crippen molar-refractivity contribution in [3.05, 3.63) is 88.5 Å². The van der Waals surface area contributed by atoms with Crippen LogP contribution in [0.3, 0.4) is 0 Å². The summed E-state index contributed by atoms with van der Waals surface area (Å²) in [5.41, 5.74) is 0.162. The lowest BCUT2D eigenvalue weighted by molar-refractivity contribution is -0.383. The molecule has 7 nitrogen and oxygen atoms in total. The zero-order valence-electron chi connectivity index (χ0n) is 14.4. The van der Waals surface area contributed by atoms with E-state index in [9.17, 15) is 14.9 Å². The molecule has 0 radical (unpaired) electrons. The second kappa shape index (κ2) is 8.01. The number of nitro benzene ring substituents is 1. The number of rotatable bonds is 6. The quantitative estimate of drug-likeness (QED) is 0.508. The van der Waals surface area contributed by atoms with Gasteiger partial charge in [0.15, 0.2) is 11.5 Å². The minimum absolute atomic E-state index is 0.111. The number of anilines is 1. The summed E-state index contributed by atoms with van der Waals surface area (Å²) in [5, 5.41) is 13.7. The molecule has 0 aromatic heterocycles. The van der Waals surface area contributed by atoms with Crippen LogP contribution in [-0.2, 0) is 0 Å². The van der Waals surface area contributed by atoms with E-state index in [1.165, 1.54) is 25.3 Å². The lowest BCUT2D eigenvalue weighted by Gasteiger charge is -2.13. The van der Waals surface area contributed by atoms with Gasteiger partial charge in [-0.05, 0) is 30.3 Å². The van der Waals surface area contributed by atoms with Crippen LogP contribution in [-0.4, -0.2) is 17.9 Å². The number of carbonyl (C=O) groups excluding carboxylic acids is 1. The number of ether oxygens (including phenoxy) is 2. The largest absolute Gasteiger partial charge is 0.493 e. The fourth-order valence-corrected chi connectivity index (χ4v) is 2.49.